The minimum absolute atomic E-state index is 0.237. The Kier molecular flexibility index (Phi) is 6.98. The third-order valence-corrected chi connectivity index (χ3v) is 6.74. The van der Waals surface area contributed by atoms with Crippen molar-refractivity contribution < 1.29 is 27.5 Å². The summed E-state index contributed by atoms with van der Waals surface area (Å²) in [6.07, 6.45) is 2.52. The van der Waals surface area contributed by atoms with E-state index in [0.717, 1.165) is 11.1 Å². The highest BCUT2D eigenvalue weighted by atomic mass is 32.2. The molecule has 0 amide bonds. The molecule has 0 saturated heterocycles. The van der Waals surface area contributed by atoms with Gasteiger partial charge in [0.1, 0.15) is 17.9 Å². The number of Topliss-reactive ketones (excluding diaryl/α,β-unsaturated/α-hetero) is 1. The number of anilines is 1. The molecule has 1 heterocycles. The van der Waals surface area contributed by atoms with Gasteiger partial charge in [0.25, 0.3) is 0 Å². The smallest absolute Gasteiger partial charge is 0.342 e. The lowest BCUT2D eigenvalue weighted by molar-refractivity contribution is 0.0470. The van der Waals surface area contributed by atoms with E-state index < -0.39 is 22.6 Å². The average molecular weight is 480 g/mol. The summed E-state index contributed by atoms with van der Waals surface area (Å²) in [5.41, 5.74) is 2.94. The lowest BCUT2D eigenvalue weighted by Gasteiger charge is -2.29. The van der Waals surface area contributed by atoms with Crippen LogP contribution in [0.4, 0.5) is 5.69 Å². The van der Waals surface area contributed by atoms with Gasteiger partial charge in [0.15, 0.2) is 12.4 Å². The van der Waals surface area contributed by atoms with Crippen molar-refractivity contribution >= 4 is 27.5 Å². The summed E-state index contributed by atoms with van der Waals surface area (Å²) in [7, 11) is -3.38. The first-order valence-electron chi connectivity index (χ1n) is 10.9. The number of esters is 1. The second-order valence-electron chi connectivity index (χ2n) is 8.05. The first kappa shape index (κ1) is 23.5. The highest BCUT2D eigenvalue weighted by Crippen LogP contribution is 2.30. The summed E-state index contributed by atoms with van der Waals surface area (Å²) in [6, 6.07) is 21.2. The molecular weight excluding hydrogens is 454 g/mol. The molecule has 0 atom stereocenters. The normalized spacial score (nSPS) is 13.1. The predicted molar refractivity (Wildman–Crippen MR) is 129 cm³/mol. The summed E-state index contributed by atoms with van der Waals surface area (Å²) < 4.78 is 36.5. The molecule has 0 fully saturated rings. The minimum Gasteiger partial charge on any atom is -0.488 e. The van der Waals surface area contributed by atoms with Crippen LogP contribution in [0.3, 0.4) is 0 Å². The van der Waals surface area contributed by atoms with Crippen molar-refractivity contribution in [3.8, 4) is 5.75 Å². The van der Waals surface area contributed by atoms with Gasteiger partial charge in [-0.2, -0.15) is 0 Å². The predicted octanol–water partition coefficient (Wildman–Crippen LogP) is 4.02. The lowest BCUT2D eigenvalue weighted by atomic mass is 9.99. The minimum atomic E-state index is -3.38. The number of hydrogen-bond acceptors (Lipinski definition) is 6. The zero-order valence-corrected chi connectivity index (χ0v) is 19.6. The monoisotopic (exact) mass is 479 g/mol. The van der Waals surface area contributed by atoms with E-state index in [0.29, 0.717) is 43.0 Å². The number of para-hydroxylation sites is 1. The molecule has 0 aromatic heterocycles. The van der Waals surface area contributed by atoms with Crippen molar-refractivity contribution in [2.45, 2.75) is 19.4 Å². The number of benzene rings is 3. The summed E-state index contributed by atoms with van der Waals surface area (Å²) in [5, 5.41) is 0. The fourth-order valence-corrected chi connectivity index (χ4v) is 4.87. The summed E-state index contributed by atoms with van der Waals surface area (Å²) in [6.45, 7) is 0.284. The largest absolute Gasteiger partial charge is 0.488 e. The Hall–Kier alpha value is -3.65. The van der Waals surface area contributed by atoms with Gasteiger partial charge in [-0.05, 0) is 54.3 Å². The van der Waals surface area contributed by atoms with Crippen LogP contribution in [0.1, 0.15) is 38.3 Å². The van der Waals surface area contributed by atoms with Gasteiger partial charge in [0.05, 0.1) is 11.9 Å². The van der Waals surface area contributed by atoms with Crippen LogP contribution in [-0.4, -0.2) is 39.6 Å². The van der Waals surface area contributed by atoms with E-state index in [-0.39, 0.29) is 11.3 Å². The highest BCUT2D eigenvalue weighted by Gasteiger charge is 2.25. The van der Waals surface area contributed by atoms with E-state index in [1.807, 2.05) is 30.3 Å². The van der Waals surface area contributed by atoms with Gasteiger partial charge in [-0.15, -0.1) is 0 Å². The molecule has 176 valence electrons. The first-order chi connectivity index (χ1) is 16.3. The van der Waals surface area contributed by atoms with Crippen molar-refractivity contribution in [1.29, 1.82) is 0 Å². The maximum atomic E-state index is 12.7. The third-order valence-electron chi connectivity index (χ3n) is 5.56. The Morgan fingerprint density at radius 1 is 0.971 bits per heavy atom. The number of carbonyl (C=O) groups is 2. The van der Waals surface area contributed by atoms with Gasteiger partial charge in [-0.25, -0.2) is 13.2 Å². The van der Waals surface area contributed by atoms with Gasteiger partial charge in [0.2, 0.25) is 10.0 Å². The topological polar surface area (TPSA) is 90.0 Å². The van der Waals surface area contributed by atoms with Gasteiger partial charge >= 0.3 is 5.97 Å². The molecule has 7 nitrogen and oxygen atoms in total. The van der Waals surface area contributed by atoms with E-state index in [1.54, 1.807) is 42.5 Å². The van der Waals surface area contributed by atoms with Crippen LogP contribution in [0.5, 0.6) is 5.75 Å². The number of hydrogen-bond donors (Lipinski definition) is 0. The van der Waals surface area contributed by atoms with Crippen LogP contribution >= 0.6 is 0 Å². The molecule has 0 unspecified atom stereocenters. The molecule has 34 heavy (non-hydrogen) atoms. The van der Waals surface area contributed by atoms with Crippen LogP contribution in [0.2, 0.25) is 0 Å². The fraction of sp³-hybridized carbons (Fsp3) is 0.231. The summed E-state index contributed by atoms with van der Waals surface area (Å²) in [4.78, 5) is 25.4. The molecule has 0 spiro atoms. The molecule has 0 N–H and O–H groups in total. The van der Waals surface area contributed by atoms with Crippen molar-refractivity contribution in [3.05, 3.63) is 95.1 Å². The zero-order chi connectivity index (χ0) is 24.1. The van der Waals surface area contributed by atoms with Crippen LogP contribution in [0.15, 0.2) is 72.8 Å². The van der Waals surface area contributed by atoms with Crippen molar-refractivity contribution in [2.75, 3.05) is 23.7 Å². The maximum absolute atomic E-state index is 12.7. The highest BCUT2D eigenvalue weighted by molar-refractivity contribution is 7.92. The molecule has 1 aliphatic rings. The van der Waals surface area contributed by atoms with E-state index in [9.17, 15) is 18.0 Å². The summed E-state index contributed by atoms with van der Waals surface area (Å²) >= 11 is 0. The molecule has 3 aromatic rings. The van der Waals surface area contributed by atoms with Crippen LogP contribution < -0.4 is 9.04 Å². The quantitative estimate of drug-likeness (QED) is 0.358. The standard InChI is InChI=1S/C26H25NO6S/c1-34(30,31)27-15-7-10-20-16-21(13-14-23(20)27)24(28)18-33-26(29)22-11-5-6-12-25(22)32-17-19-8-3-2-4-9-19/h2-6,8-9,11-14,16H,7,10,15,17-18H2,1H3. The second-order valence-corrected chi connectivity index (χ2v) is 9.96. The molecule has 0 aliphatic carbocycles. The molecule has 1 aliphatic heterocycles. The van der Waals surface area contributed by atoms with Crippen LogP contribution in [0, 0.1) is 0 Å². The van der Waals surface area contributed by atoms with E-state index in [4.69, 9.17) is 9.47 Å². The van der Waals surface area contributed by atoms with Gasteiger partial charge in [-0.1, -0.05) is 42.5 Å². The fourth-order valence-electron chi connectivity index (χ4n) is 3.87. The number of rotatable bonds is 8. The molecule has 0 radical (unpaired) electrons. The van der Waals surface area contributed by atoms with Gasteiger partial charge < -0.3 is 9.47 Å². The first-order valence-corrected chi connectivity index (χ1v) is 12.7. The lowest BCUT2D eigenvalue weighted by Crippen LogP contribution is -2.34. The zero-order valence-electron chi connectivity index (χ0n) is 18.8. The van der Waals surface area contributed by atoms with E-state index in [1.165, 1.54) is 10.6 Å². The van der Waals surface area contributed by atoms with E-state index in [2.05, 4.69) is 0 Å². The van der Waals surface area contributed by atoms with Crippen LogP contribution in [0.25, 0.3) is 0 Å². The van der Waals surface area contributed by atoms with Crippen molar-refractivity contribution in [1.82, 2.24) is 0 Å². The molecular formula is C26H25NO6S. The number of carbonyl (C=O) groups excluding carboxylic acids is 2. The Morgan fingerprint density at radius 2 is 1.71 bits per heavy atom. The summed E-state index contributed by atoms with van der Waals surface area (Å²) in [5.74, 6) is -0.646. The average Bonchev–Trinajstić information content (AvgIpc) is 2.85. The SMILES string of the molecule is CS(=O)(=O)N1CCCc2cc(C(=O)COC(=O)c3ccccc3OCc3ccccc3)ccc21. The Labute approximate surface area is 199 Å². The van der Waals surface area contributed by atoms with Gasteiger partial charge in [-0.3, -0.25) is 9.10 Å². The number of fused-ring (bicyclic) bond motifs is 1. The Balaban J connectivity index is 1.41. The second kappa shape index (κ2) is 10.1. The van der Waals surface area contributed by atoms with Gasteiger partial charge in [0, 0.05) is 12.1 Å². The third kappa shape index (κ3) is 5.46. The molecule has 0 bridgehead atoms. The number of nitrogens with zero attached hydrogens (tertiary/aromatic N) is 1. The van der Waals surface area contributed by atoms with Crippen molar-refractivity contribution in [3.63, 3.8) is 0 Å². The number of sulfonamides is 1. The number of ether oxygens (including phenoxy) is 2. The number of aryl methyl sites for hydroxylation is 1. The molecule has 0 saturated carbocycles. The molecule has 8 heteroatoms. The molecule has 3 aromatic carbocycles. The van der Waals surface area contributed by atoms with E-state index >= 15 is 0 Å². The molecule has 4 rings (SSSR count). The Morgan fingerprint density at radius 3 is 2.47 bits per heavy atom. The maximum Gasteiger partial charge on any atom is 0.342 e. The Bertz CT molecular complexity index is 1300. The van der Waals surface area contributed by atoms with Crippen LogP contribution in [-0.2, 0) is 27.8 Å². The van der Waals surface area contributed by atoms with Crippen molar-refractivity contribution in [2.24, 2.45) is 0 Å². The number of ketones is 1.